The summed E-state index contributed by atoms with van der Waals surface area (Å²) in [5.41, 5.74) is 1.63. The van der Waals surface area contributed by atoms with Crippen LogP contribution in [0.1, 0.15) is 31.9 Å². The number of para-hydroxylation sites is 1. The second-order valence-corrected chi connectivity index (χ2v) is 6.95. The van der Waals surface area contributed by atoms with Crippen LogP contribution in [0.3, 0.4) is 0 Å². The quantitative estimate of drug-likeness (QED) is 0.766. The van der Waals surface area contributed by atoms with Crippen LogP contribution in [-0.4, -0.2) is 30.2 Å². The molecule has 0 aliphatic rings. The molecule has 25 heavy (non-hydrogen) atoms. The lowest BCUT2D eigenvalue weighted by atomic mass is 10.1. The zero-order chi connectivity index (χ0) is 18.3. The number of hydrogen-bond acceptors (Lipinski definition) is 3. The minimum atomic E-state index is -0.525. The van der Waals surface area contributed by atoms with Gasteiger partial charge in [0, 0.05) is 12.1 Å². The summed E-state index contributed by atoms with van der Waals surface area (Å²) in [4.78, 5) is 14.4. The number of ether oxygens (including phenoxy) is 2. The van der Waals surface area contributed by atoms with Gasteiger partial charge < -0.3 is 14.4 Å². The molecule has 4 heteroatoms. The van der Waals surface area contributed by atoms with Gasteiger partial charge in [-0.1, -0.05) is 48.5 Å². The number of nitrogens with zero attached hydrogens (tertiary/aromatic N) is 1. The summed E-state index contributed by atoms with van der Waals surface area (Å²) >= 11 is 0. The van der Waals surface area contributed by atoms with Crippen LogP contribution in [0.2, 0.25) is 0 Å². The zero-order valence-corrected chi connectivity index (χ0v) is 15.5. The number of carbonyl (C=O) groups is 1. The summed E-state index contributed by atoms with van der Waals surface area (Å²) < 4.78 is 11.0. The molecule has 0 N–H and O–H groups in total. The molecule has 0 saturated heterocycles. The number of benzene rings is 2. The lowest BCUT2D eigenvalue weighted by Gasteiger charge is -2.28. The minimum Gasteiger partial charge on any atom is -0.496 e. The number of rotatable bonds is 6. The molecule has 134 valence electrons. The molecule has 0 unspecified atom stereocenters. The highest BCUT2D eigenvalue weighted by atomic mass is 16.6. The normalized spacial score (nSPS) is 11.0. The average molecular weight is 341 g/mol. The molecule has 1 amide bonds. The van der Waals surface area contributed by atoms with E-state index in [9.17, 15) is 4.79 Å². The van der Waals surface area contributed by atoms with Crippen molar-refractivity contribution in [1.29, 1.82) is 0 Å². The molecule has 2 rings (SSSR count). The molecule has 0 radical (unpaired) electrons. The summed E-state index contributed by atoms with van der Waals surface area (Å²) in [5, 5.41) is 0. The third-order valence-corrected chi connectivity index (χ3v) is 3.72. The first-order chi connectivity index (χ1) is 11.9. The molecule has 2 aromatic carbocycles. The fourth-order valence-electron chi connectivity index (χ4n) is 2.51. The van der Waals surface area contributed by atoms with E-state index < -0.39 is 5.60 Å². The number of hydrogen-bond donors (Lipinski definition) is 0. The Balaban J connectivity index is 2.14. The summed E-state index contributed by atoms with van der Waals surface area (Å²) in [7, 11) is 1.64. The van der Waals surface area contributed by atoms with E-state index >= 15 is 0 Å². The van der Waals surface area contributed by atoms with Crippen LogP contribution in [-0.2, 0) is 17.7 Å². The lowest BCUT2D eigenvalue weighted by molar-refractivity contribution is 0.0235. The standard InChI is InChI=1S/C21H27NO3/c1-21(2,3)25-20(23)22(15-14-17-10-6-5-7-11-17)16-18-12-8-9-13-19(18)24-4/h5-13H,14-16H2,1-4H3. The van der Waals surface area contributed by atoms with Crippen molar-refractivity contribution in [1.82, 2.24) is 4.90 Å². The van der Waals surface area contributed by atoms with Gasteiger partial charge >= 0.3 is 6.09 Å². The summed E-state index contributed by atoms with van der Waals surface area (Å²) in [5.74, 6) is 0.774. The van der Waals surface area contributed by atoms with Gasteiger partial charge in [-0.15, -0.1) is 0 Å². The highest BCUT2D eigenvalue weighted by molar-refractivity contribution is 5.68. The maximum absolute atomic E-state index is 12.6. The maximum atomic E-state index is 12.6. The van der Waals surface area contributed by atoms with Crippen LogP contribution < -0.4 is 4.74 Å². The van der Waals surface area contributed by atoms with E-state index in [2.05, 4.69) is 12.1 Å². The fourth-order valence-corrected chi connectivity index (χ4v) is 2.51. The molecule has 0 saturated carbocycles. The maximum Gasteiger partial charge on any atom is 0.410 e. The molecule has 0 aliphatic heterocycles. The summed E-state index contributed by atoms with van der Waals surface area (Å²) in [6.45, 7) is 6.67. The Morgan fingerprint density at radius 1 is 1.00 bits per heavy atom. The van der Waals surface area contributed by atoms with Crippen LogP contribution in [0.25, 0.3) is 0 Å². The van der Waals surface area contributed by atoms with Gasteiger partial charge in [0.25, 0.3) is 0 Å². The second kappa shape index (κ2) is 8.56. The molecule has 4 nitrogen and oxygen atoms in total. The van der Waals surface area contributed by atoms with Gasteiger partial charge in [-0.3, -0.25) is 0 Å². The largest absolute Gasteiger partial charge is 0.496 e. The monoisotopic (exact) mass is 341 g/mol. The summed E-state index contributed by atoms with van der Waals surface area (Å²) in [6, 6.07) is 17.9. The van der Waals surface area contributed by atoms with E-state index in [1.54, 1.807) is 12.0 Å². The lowest BCUT2D eigenvalue weighted by Crippen LogP contribution is -2.37. The Kier molecular flexibility index (Phi) is 6.45. The summed E-state index contributed by atoms with van der Waals surface area (Å²) in [6.07, 6.45) is 0.462. The SMILES string of the molecule is COc1ccccc1CN(CCc1ccccc1)C(=O)OC(C)(C)C. The van der Waals surface area contributed by atoms with Gasteiger partial charge in [0.05, 0.1) is 13.7 Å². The Morgan fingerprint density at radius 3 is 2.28 bits per heavy atom. The van der Waals surface area contributed by atoms with E-state index in [1.807, 2.05) is 63.2 Å². The molecule has 0 heterocycles. The van der Waals surface area contributed by atoms with Crippen molar-refractivity contribution in [2.45, 2.75) is 39.3 Å². The van der Waals surface area contributed by atoms with Crippen LogP contribution >= 0.6 is 0 Å². The first-order valence-corrected chi connectivity index (χ1v) is 8.53. The van der Waals surface area contributed by atoms with E-state index in [4.69, 9.17) is 9.47 Å². The van der Waals surface area contributed by atoms with Gasteiger partial charge in [0.15, 0.2) is 0 Å². The van der Waals surface area contributed by atoms with Crippen molar-refractivity contribution in [3.8, 4) is 5.75 Å². The molecule has 2 aromatic rings. The average Bonchev–Trinajstić information content (AvgIpc) is 2.58. The van der Waals surface area contributed by atoms with Crippen molar-refractivity contribution in [2.75, 3.05) is 13.7 Å². The second-order valence-electron chi connectivity index (χ2n) is 6.95. The topological polar surface area (TPSA) is 38.8 Å². The molecular formula is C21H27NO3. The van der Waals surface area contributed by atoms with E-state index in [0.29, 0.717) is 13.1 Å². The van der Waals surface area contributed by atoms with E-state index in [1.165, 1.54) is 5.56 Å². The van der Waals surface area contributed by atoms with Crippen LogP contribution in [0.4, 0.5) is 4.79 Å². The van der Waals surface area contributed by atoms with Gasteiger partial charge in [0.2, 0.25) is 0 Å². The molecule has 0 aromatic heterocycles. The Labute approximate surface area is 150 Å². The molecule has 0 fully saturated rings. The number of carbonyl (C=O) groups excluding carboxylic acids is 1. The fraction of sp³-hybridized carbons (Fsp3) is 0.381. The molecule has 0 bridgehead atoms. The third kappa shape index (κ3) is 6.14. The molecule has 0 spiro atoms. The Morgan fingerprint density at radius 2 is 1.64 bits per heavy atom. The van der Waals surface area contributed by atoms with Crippen LogP contribution in [0.5, 0.6) is 5.75 Å². The minimum absolute atomic E-state index is 0.311. The van der Waals surface area contributed by atoms with E-state index in [-0.39, 0.29) is 6.09 Å². The van der Waals surface area contributed by atoms with Gasteiger partial charge in [-0.2, -0.15) is 0 Å². The van der Waals surface area contributed by atoms with Crippen molar-refractivity contribution >= 4 is 6.09 Å². The molecule has 0 aliphatic carbocycles. The Bertz CT molecular complexity index is 677. The van der Waals surface area contributed by atoms with Crippen LogP contribution in [0.15, 0.2) is 54.6 Å². The molecular weight excluding hydrogens is 314 g/mol. The van der Waals surface area contributed by atoms with Crippen molar-refractivity contribution in [3.63, 3.8) is 0 Å². The predicted molar refractivity (Wildman–Crippen MR) is 99.8 cm³/mol. The third-order valence-electron chi connectivity index (χ3n) is 3.72. The van der Waals surface area contributed by atoms with Gasteiger partial charge in [0.1, 0.15) is 11.4 Å². The molecule has 0 atom stereocenters. The first-order valence-electron chi connectivity index (χ1n) is 8.53. The highest BCUT2D eigenvalue weighted by Gasteiger charge is 2.23. The van der Waals surface area contributed by atoms with E-state index in [0.717, 1.165) is 17.7 Å². The van der Waals surface area contributed by atoms with Crippen molar-refractivity contribution < 1.29 is 14.3 Å². The smallest absolute Gasteiger partial charge is 0.410 e. The first kappa shape index (κ1) is 18.8. The number of amides is 1. The van der Waals surface area contributed by atoms with Gasteiger partial charge in [-0.05, 0) is 38.8 Å². The number of methoxy groups -OCH3 is 1. The Hall–Kier alpha value is -2.49. The predicted octanol–water partition coefficient (Wildman–Crippen LogP) is 4.68. The van der Waals surface area contributed by atoms with Gasteiger partial charge in [-0.25, -0.2) is 4.79 Å². The zero-order valence-electron chi connectivity index (χ0n) is 15.5. The highest BCUT2D eigenvalue weighted by Crippen LogP contribution is 2.21. The van der Waals surface area contributed by atoms with Crippen molar-refractivity contribution in [2.24, 2.45) is 0 Å². The van der Waals surface area contributed by atoms with Crippen LogP contribution in [0, 0.1) is 0 Å². The van der Waals surface area contributed by atoms with Crippen molar-refractivity contribution in [3.05, 3.63) is 65.7 Å².